The van der Waals surface area contributed by atoms with Crippen LogP contribution in [0.1, 0.15) is 18.1 Å². The maximum absolute atomic E-state index is 13.1. The molecule has 0 aliphatic carbocycles. The van der Waals surface area contributed by atoms with E-state index in [0.29, 0.717) is 21.5 Å². The van der Waals surface area contributed by atoms with Crippen LogP contribution in [-0.4, -0.2) is 40.4 Å². The molecular formula is C17H14F2N8O. The number of amides is 1. The van der Waals surface area contributed by atoms with E-state index in [1.807, 2.05) is 12.1 Å². The van der Waals surface area contributed by atoms with Gasteiger partial charge in [-0.15, -0.1) is 5.10 Å². The van der Waals surface area contributed by atoms with Crippen LogP contribution in [0.25, 0.3) is 28.4 Å². The number of para-hydroxylation sites is 2. The highest BCUT2D eigenvalue weighted by molar-refractivity contribution is 5.76. The number of hydrogen-bond donors (Lipinski definition) is 1. The molecule has 0 saturated carbocycles. The monoisotopic (exact) mass is 384 g/mol. The van der Waals surface area contributed by atoms with Gasteiger partial charge in [0.2, 0.25) is 5.91 Å². The molecule has 4 aromatic rings. The molecular weight excluding hydrogens is 370 g/mol. The van der Waals surface area contributed by atoms with E-state index in [4.69, 9.17) is 5.73 Å². The van der Waals surface area contributed by atoms with E-state index in [1.165, 1.54) is 23.9 Å². The summed E-state index contributed by atoms with van der Waals surface area (Å²) in [6, 6.07) is 8.69. The van der Waals surface area contributed by atoms with E-state index < -0.39 is 12.5 Å². The first kappa shape index (κ1) is 17.6. The van der Waals surface area contributed by atoms with Crippen LogP contribution in [-0.2, 0) is 11.2 Å². The van der Waals surface area contributed by atoms with Gasteiger partial charge in [-0.25, -0.2) is 14.6 Å². The van der Waals surface area contributed by atoms with E-state index in [-0.39, 0.29) is 29.5 Å². The number of carbonyl (C=O) groups is 1. The van der Waals surface area contributed by atoms with E-state index in [1.54, 1.807) is 12.1 Å². The highest BCUT2D eigenvalue weighted by Gasteiger charge is 2.21. The minimum Gasteiger partial charge on any atom is -0.369 e. The average Bonchev–Trinajstić information content (AvgIpc) is 3.24. The summed E-state index contributed by atoms with van der Waals surface area (Å²) in [4.78, 5) is 24.3. The second kappa shape index (κ2) is 6.76. The predicted octanol–water partition coefficient (Wildman–Crippen LogP) is 1.81. The van der Waals surface area contributed by atoms with Crippen LogP contribution in [0, 0.1) is 6.92 Å². The number of primary amides is 1. The Kier molecular flexibility index (Phi) is 4.26. The fraction of sp³-hybridized carbons (Fsp3) is 0.176. The molecule has 2 N–H and O–H groups in total. The molecule has 0 spiro atoms. The maximum atomic E-state index is 13.1. The van der Waals surface area contributed by atoms with E-state index in [2.05, 4.69) is 25.1 Å². The predicted molar refractivity (Wildman–Crippen MR) is 94.6 cm³/mol. The zero-order valence-corrected chi connectivity index (χ0v) is 14.6. The highest BCUT2D eigenvalue weighted by Crippen LogP contribution is 2.23. The zero-order valence-electron chi connectivity index (χ0n) is 14.6. The van der Waals surface area contributed by atoms with E-state index >= 15 is 0 Å². The molecule has 4 rings (SSSR count). The molecule has 0 aliphatic rings. The Morgan fingerprint density at radius 3 is 2.61 bits per heavy atom. The molecule has 9 nitrogen and oxygen atoms in total. The molecule has 0 unspecified atom stereocenters. The molecule has 1 aromatic carbocycles. The largest absolute Gasteiger partial charge is 0.369 e. The van der Waals surface area contributed by atoms with Gasteiger partial charge in [0.25, 0.3) is 0 Å². The summed E-state index contributed by atoms with van der Waals surface area (Å²) < 4.78 is 28.1. The lowest BCUT2D eigenvalue weighted by atomic mass is 10.3. The number of halogens is 2. The molecule has 0 saturated heterocycles. The van der Waals surface area contributed by atoms with Crippen molar-refractivity contribution in [2.45, 2.75) is 19.9 Å². The van der Waals surface area contributed by atoms with Gasteiger partial charge in [-0.3, -0.25) is 9.78 Å². The molecule has 11 heteroatoms. The lowest BCUT2D eigenvalue weighted by Gasteiger charge is -2.04. The smallest absolute Gasteiger partial charge is 0.333 e. The molecule has 0 bridgehead atoms. The number of hydrogen-bond acceptors (Lipinski definition) is 6. The molecule has 3 heterocycles. The van der Waals surface area contributed by atoms with Crippen LogP contribution < -0.4 is 5.73 Å². The van der Waals surface area contributed by atoms with Crippen molar-refractivity contribution in [2.24, 2.45) is 5.73 Å². The van der Waals surface area contributed by atoms with Gasteiger partial charge in [0.05, 0.1) is 23.7 Å². The first-order valence-corrected chi connectivity index (χ1v) is 8.23. The van der Waals surface area contributed by atoms with Crippen molar-refractivity contribution in [3.63, 3.8) is 0 Å². The summed E-state index contributed by atoms with van der Waals surface area (Å²) in [6.07, 6.45) is 1.26. The molecule has 0 radical (unpaired) electrons. The van der Waals surface area contributed by atoms with Crippen molar-refractivity contribution in [1.29, 1.82) is 0 Å². The Bertz CT molecular complexity index is 1180. The second-order valence-electron chi connectivity index (χ2n) is 6.02. The third kappa shape index (κ3) is 3.17. The number of fused-ring (bicyclic) bond motifs is 1. The Hall–Kier alpha value is -3.76. The molecule has 0 aliphatic heterocycles. The van der Waals surface area contributed by atoms with Gasteiger partial charge in [0.1, 0.15) is 5.69 Å². The fourth-order valence-corrected chi connectivity index (χ4v) is 2.76. The SMILES string of the molecule is Cc1cc(-c2nc(CC(N)=O)nn2-c2cnc3ccccc3n2)nn1C(F)F. The van der Waals surface area contributed by atoms with Crippen LogP contribution in [0.4, 0.5) is 8.78 Å². The molecule has 3 aromatic heterocycles. The average molecular weight is 384 g/mol. The number of nitrogens with zero attached hydrogens (tertiary/aromatic N) is 7. The van der Waals surface area contributed by atoms with Gasteiger partial charge in [-0.05, 0) is 25.1 Å². The molecule has 0 fully saturated rings. The van der Waals surface area contributed by atoms with E-state index in [9.17, 15) is 13.6 Å². The van der Waals surface area contributed by atoms with Gasteiger partial charge in [-0.2, -0.15) is 18.6 Å². The number of benzene rings is 1. The Morgan fingerprint density at radius 1 is 1.18 bits per heavy atom. The minimum atomic E-state index is -2.80. The van der Waals surface area contributed by atoms with Gasteiger partial charge in [0.15, 0.2) is 17.5 Å². The third-order valence-corrected chi connectivity index (χ3v) is 3.97. The number of carbonyl (C=O) groups excluding carboxylic acids is 1. The molecule has 0 atom stereocenters. The number of nitrogens with two attached hydrogens (primary N) is 1. The first-order chi connectivity index (χ1) is 13.4. The van der Waals surface area contributed by atoms with E-state index in [0.717, 1.165) is 0 Å². The standard InChI is InChI=1S/C17H14F2N8O/c1-9-6-12(24-26(9)17(18)19)16-23-14(7-13(20)28)25-27(16)15-8-21-10-4-2-3-5-11(10)22-15/h2-6,8,17H,7H2,1H3,(H2,20,28). The van der Waals surface area contributed by atoms with Crippen molar-refractivity contribution >= 4 is 16.9 Å². The van der Waals surface area contributed by atoms with Crippen molar-refractivity contribution < 1.29 is 13.6 Å². The second-order valence-corrected chi connectivity index (χ2v) is 6.02. The lowest BCUT2D eigenvalue weighted by Crippen LogP contribution is -2.14. The maximum Gasteiger partial charge on any atom is 0.333 e. The zero-order chi connectivity index (χ0) is 19.8. The molecule has 28 heavy (non-hydrogen) atoms. The first-order valence-electron chi connectivity index (χ1n) is 8.23. The summed E-state index contributed by atoms with van der Waals surface area (Å²) in [5.74, 6) is -0.0335. The van der Waals surface area contributed by atoms with Crippen molar-refractivity contribution in [3.05, 3.63) is 48.0 Å². The minimum absolute atomic E-state index is 0.127. The number of aryl methyl sites for hydroxylation is 1. The van der Waals surface area contributed by atoms with Crippen LogP contribution in [0.3, 0.4) is 0 Å². The topological polar surface area (TPSA) is 117 Å². The Labute approximate surface area is 156 Å². The fourth-order valence-electron chi connectivity index (χ4n) is 2.76. The number of rotatable bonds is 5. The lowest BCUT2D eigenvalue weighted by molar-refractivity contribution is -0.117. The van der Waals surface area contributed by atoms with Gasteiger partial charge >= 0.3 is 6.55 Å². The Morgan fingerprint density at radius 2 is 1.93 bits per heavy atom. The summed E-state index contributed by atoms with van der Waals surface area (Å²) in [7, 11) is 0. The number of aromatic nitrogens is 7. The Balaban J connectivity index is 1.88. The summed E-state index contributed by atoms with van der Waals surface area (Å²) in [5.41, 5.74) is 6.94. The highest BCUT2D eigenvalue weighted by atomic mass is 19.3. The summed E-state index contributed by atoms with van der Waals surface area (Å²) in [6.45, 7) is -1.29. The molecule has 1 amide bonds. The summed E-state index contributed by atoms with van der Waals surface area (Å²) in [5, 5.41) is 8.15. The number of alkyl halides is 2. The van der Waals surface area contributed by atoms with Gasteiger partial charge < -0.3 is 5.73 Å². The van der Waals surface area contributed by atoms with Gasteiger partial charge in [0, 0.05) is 5.69 Å². The van der Waals surface area contributed by atoms with Crippen molar-refractivity contribution in [1.82, 2.24) is 34.5 Å². The quantitative estimate of drug-likeness (QED) is 0.561. The van der Waals surface area contributed by atoms with Crippen molar-refractivity contribution in [2.75, 3.05) is 0 Å². The summed E-state index contributed by atoms with van der Waals surface area (Å²) >= 11 is 0. The normalized spacial score (nSPS) is 11.4. The third-order valence-electron chi connectivity index (χ3n) is 3.97. The van der Waals surface area contributed by atoms with Crippen LogP contribution >= 0.6 is 0 Å². The van der Waals surface area contributed by atoms with Crippen molar-refractivity contribution in [3.8, 4) is 17.3 Å². The van der Waals surface area contributed by atoms with Crippen LogP contribution in [0.15, 0.2) is 36.5 Å². The van der Waals surface area contributed by atoms with Crippen LogP contribution in [0.2, 0.25) is 0 Å². The van der Waals surface area contributed by atoms with Gasteiger partial charge in [-0.1, -0.05) is 12.1 Å². The molecule has 142 valence electrons. The van der Waals surface area contributed by atoms with Crippen LogP contribution in [0.5, 0.6) is 0 Å².